The highest BCUT2D eigenvalue weighted by molar-refractivity contribution is 9.10. The number of thiocarbonyl (C=S) groups is 1. The average molecular weight is 590 g/mol. The number of rotatable bonds is 5. The van der Waals surface area contributed by atoms with E-state index in [0.717, 1.165) is 29.5 Å². The Labute approximate surface area is 228 Å². The van der Waals surface area contributed by atoms with Crippen LogP contribution in [0.4, 0.5) is 11.4 Å². The molecule has 10 heteroatoms. The van der Waals surface area contributed by atoms with E-state index >= 15 is 0 Å². The number of benzene rings is 3. The summed E-state index contributed by atoms with van der Waals surface area (Å²) < 4.78 is 6.21. The Morgan fingerprint density at radius 2 is 1.83 bits per heavy atom. The molecule has 4 rings (SSSR count). The van der Waals surface area contributed by atoms with Gasteiger partial charge in [0.1, 0.15) is 5.75 Å². The van der Waals surface area contributed by atoms with Gasteiger partial charge in [0.25, 0.3) is 5.91 Å². The second-order valence-electron chi connectivity index (χ2n) is 8.29. The number of anilines is 2. The molecular formula is C26H26BrClN4O3S. The summed E-state index contributed by atoms with van der Waals surface area (Å²) in [7, 11) is 1.52. The predicted octanol–water partition coefficient (Wildman–Crippen LogP) is 5.45. The fraction of sp³-hybridized carbons (Fsp3) is 0.269. The van der Waals surface area contributed by atoms with Crippen molar-refractivity contribution in [2.24, 2.45) is 0 Å². The van der Waals surface area contributed by atoms with Crippen LogP contribution in [0.5, 0.6) is 5.75 Å². The van der Waals surface area contributed by atoms with Gasteiger partial charge in [0, 0.05) is 38.3 Å². The number of hydrogen-bond donors (Lipinski definition) is 2. The Morgan fingerprint density at radius 3 is 2.50 bits per heavy atom. The van der Waals surface area contributed by atoms with Gasteiger partial charge in [-0.05, 0) is 63.2 Å². The molecule has 0 radical (unpaired) electrons. The highest BCUT2D eigenvalue weighted by atomic mass is 79.9. The monoisotopic (exact) mass is 588 g/mol. The van der Waals surface area contributed by atoms with Gasteiger partial charge in [-0.1, -0.05) is 42.8 Å². The number of carbonyl (C=O) groups is 2. The lowest BCUT2D eigenvalue weighted by Gasteiger charge is -2.36. The van der Waals surface area contributed by atoms with Crippen LogP contribution >= 0.6 is 39.7 Å². The second kappa shape index (κ2) is 11.5. The van der Waals surface area contributed by atoms with Crippen LogP contribution in [-0.2, 0) is 4.79 Å². The first-order valence-electron chi connectivity index (χ1n) is 11.5. The van der Waals surface area contributed by atoms with Crippen molar-refractivity contribution < 1.29 is 14.3 Å². The van der Waals surface area contributed by atoms with Crippen LogP contribution < -0.4 is 20.3 Å². The lowest BCUT2D eigenvalue weighted by atomic mass is 10.1. The van der Waals surface area contributed by atoms with Gasteiger partial charge in [0.05, 0.1) is 27.9 Å². The molecule has 1 saturated heterocycles. The largest absolute Gasteiger partial charge is 0.495 e. The summed E-state index contributed by atoms with van der Waals surface area (Å²) in [6, 6.07) is 15.0. The summed E-state index contributed by atoms with van der Waals surface area (Å²) in [4.78, 5) is 29.0. The Hall–Kier alpha value is -2.88. The maximum absolute atomic E-state index is 13.0. The SMILES string of the molecule is CCC(=O)N1CCN(c2ccc(NC(=S)NC(=O)c3cc4ccccc4c(Br)c3OC)cc2Cl)CC1. The highest BCUT2D eigenvalue weighted by Gasteiger charge is 2.22. The topological polar surface area (TPSA) is 73.9 Å². The van der Waals surface area contributed by atoms with Gasteiger partial charge in [-0.25, -0.2) is 0 Å². The summed E-state index contributed by atoms with van der Waals surface area (Å²) in [5.74, 6) is 0.213. The van der Waals surface area contributed by atoms with Gasteiger partial charge in [-0.2, -0.15) is 0 Å². The molecule has 3 aromatic rings. The molecule has 3 aromatic carbocycles. The van der Waals surface area contributed by atoms with Crippen LogP contribution in [0.15, 0.2) is 53.0 Å². The number of amides is 2. The Balaban J connectivity index is 1.42. The third-order valence-corrected chi connectivity index (χ3v) is 7.39. The van der Waals surface area contributed by atoms with Gasteiger partial charge in [0.15, 0.2) is 5.11 Å². The summed E-state index contributed by atoms with van der Waals surface area (Å²) in [6.07, 6.45) is 0.516. The lowest BCUT2D eigenvalue weighted by molar-refractivity contribution is -0.131. The molecule has 0 aliphatic carbocycles. The van der Waals surface area contributed by atoms with E-state index in [-0.39, 0.29) is 11.0 Å². The normalized spacial score (nSPS) is 13.4. The van der Waals surface area contributed by atoms with E-state index in [1.54, 1.807) is 12.1 Å². The minimum Gasteiger partial charge on any atom is -0.495 e. The third-order valence-electron chi connectivity index (χ3n) is 6.10. The summed E-state index contributed by atoms with van der Waals surface area (Å²) in [5, 5.41) is 8.29. The molecule has 0 spiro atoms. The van der Waals surface area contributed by atoms with E-state index in [1.807, 2.05) is 48.2 Å². The fourth-order valence-corrected chi connectivity index (χ4v) is 5.49. The summed E-state index contributed by atoms with van der Waals surface area (Å²) in [6.45, 7) is 4.66. The van der Waals surface area contributed by atoms with Gasteiger partial charge in [-0.15, -0.1) is 0 Å². The van der Waals surface area contributed by atoms with Crippen molar-refractivity contribution >= 4 is 78.8 Å². The van der Waals surface area contributed by atoms with Crippen molar-refractivity contribution in [3.8, 4) is 5.75 Å². The van der Waals surface area contributed by atoms with Crippen LogP contribution in [0.2, 0.25) is 5.02 Å². The Bertz CT molecular complexity index is 1330. The van der Waals surface area contributed by atoms with E-state index in [0.29, 0.717) is 46.0 Å². The molecule has 0 bridgehead atoms. The van der Waals surface area contributed by atoms with Crippen LogP contribution in [0.3, 0.4) is 0 Å². The molecule has 1 aliphatic heterocycles. The number of methoxy groups -OCH3 is 1. The standard InChI is InChI=1S/C26H26BrClN4O3S/c1-3-22(33)32-12-10-31(11-13-32)21-9-8-17(15-20(21)28)29-26(36)30-25(34)19-14-16-6-4-5-7-18(16)23(27)24(19)35-2/h4-9,14-15H,3,10-13H2,1-2H3,(H2,29,30,34,36). The molecule has 0 unspecified atom stereocenters. The molecule has 36 heavy (non-hydrogen) atoms. The fourth-order valence-electron chi connectivity index (χ4n) is 4.25. The van der Waals surface area contributed by atoms with E-state index in [1.165, 1.54) is 7.11 Å². The zero-order chi connectivity index (χ0) is 25.8. The summed E-state index contributed by atoms with van der Waals surface area (Å²) >= 11 is 15.5. The molecule has 1 heterocycles. The Morgan fingerprint density at radius 1 is 1.11 bits per heavy atom. The smallest absolute Gasteiger partial charge is 0.261 e. The number of ether oxygens (including phenoxy) is 1. The third kappa shape index (κ3) is 5.58. The van der Waals surface area contributed by atoms with Gasteiger partial charge >= 0.3 is 0 Å². The van der Waals surface area contributed by atoms with Crippen molar-refractivity contribution in [3.63, 3.8) is 0 Å². The molecule has 0 saturated carbocycles. The molecule has 2 amide bonds. The Kier molecular flexibility index (Phi) is 8.33. The minimum absolute atomic E-state index is 0.141. The van der Waals surface area contributed by atoms with E-state index in [9.17, 15) is 9.59 Å². The highest BCUT2D eigenvalue weighted by Crippen LogP contribution is 2.36. The van der Waals surface area contributed by atoms with E-state index in [2.05, 4.69) is 31.5 Å². The van der Waals surface area contributed by atoms with Crippen molar-refractivity contribution in [3.05, 3.63) is 63.6 Å². The molecule has 0 aromatic heterocycles. The molecule has 1 aliphatic rings. The lowest BCUT2D eigenvalue weighted by Crippen LogP contribution is -2.48. The van der Waals surface area contributed by atoms with E-state index < -0.39 is 5.91 Å². The predicted molar refractivity (Wildman–Crippen MR) is 152 cm³/mol. The van der Waals surface area contributed by atoms with Crippen molar-refractivity contribution in [2.45, 2.75) is 13.3 Å². The first kappa shape index (κ1) is 26.2. The first-order chi connectivity index (χ1) is 17.3. The van der Waals surface area contributed by atoms with Gasteiger partial charge in [0.2, 0.25) is 5.91 Å². The molecule has 7 nitrogen and oxygen atoms in total. The molecule has 2 N–H and O–H groups in total. The van der Waals surface area contributed by atoms with Crippen LogP contribution in [0.25, 0.3) is 10.8 Å². The molecule has 188 valence electrons. The minimum atomic E-state index is -0.391. The second-order valence-corrected chi connectivity index (χ2v) is 9.90. The number of hydrogen-bond acceptors (Lipinski definition) is 5. The zero-order valence-electron chi connectivity index (χ0n) is 19.9. The number of nitrogens with one attached hydrogen (secondary N) is 2. The average Bonchev–Trinajstić information content (AvgIpc) is 2.88. The number of fused-ring (bicyclic) bond motifs is 1. The van der Waals surface area contributed by atoms with Crippen LogP contribution in [-0.4, -0.2) is 55.1 Å². The zero-order valence-corrected chi connectivity index (χ0v) is 23.1. The van der Waals surface area contributed by atoms with Gasteiger partial charge < -0.3 is 19.9 Å². The maximum atomic E-state index is 13.0. The number of piperazine rings is 1. The molecule has 0 atom stereocenters. The van der Waals surface area contributed by atoms with Crippen molar-refractivity contribution in [2.75, 3.05) is 43.5 Å². The maximum Gasteiger partial charge on any atom is 0.261 e. The number of carbonyl (C=O) groups excluding carboxylic acids is 2. The van der Waals surface area contributed by atoms with Gasteiger partial charge in [-0.3, -0.25) is 14.9 Å². The van der Waals surface area contributed by atoms with Crippen molar-refractivity contribution in [1.82, 2.24) is 10.2 Å². The number of halogens is 2. The summed E-state index contributed by atoms with van der Waals surface area (Å²) in [5.41, 5.74) is 1.91. The van der Waals surface area contributed by atoms with Crippen LogP contribution in [0, 0.1) is 0 Å². The molecule has 1 fully saturated rings. The van der Waals surface area contributed by atoms with Crippen molar-refractivity contribution in [1.29, 1.82) is 0 Å². The quantitative estimate of drug-likeness (QED) is 0.386. The number of nitrogens with zero attached hydrogens (tertiary/aromatic N) is 2. The molecular weight excluding hydrogens is 564 g/mol. The first-order valence-corrected chi connectivity index (χ1v) is 13.1. The van der Waals surface area contributed by atoms with Crippen LogP contribution in [0.1, 0.15) is 23.7 Å². The van der Waals surface area contributed by atoms with E-state index in [4.69, 9.17) is 28.6 Å².